The lowest BCUT2D eigenvalue weighted by Crippen LogP contribution is -2.29. The average molecular weight is 254 g/mol. The standard InChI is InChI=1S/C16H18N2O/c17-14(11-13-7-3-1-4-8-13)12-16(19)18-15-9-5-2-6-10-15/h1-10,14H,11-12,17H2,(H,18,19). The molecule has 2 aromatic rings. The van der Waals surface area contributed by atoms with E-state index in [9.17, 15) is 4.79 Å². The maximum atomic E-state index is 11.8. The summed E-state index contributed by atoms with van der Waals surface area (Å²) in [5.74, 6) is -0.0466. The molecular formula is C16H18N2O. The Morgan fingerprint density at radius 1 is 1.00 bits per heavy atom. The molecule has 0 saturated heterocycles. The molecule has 1 amide bonds. The first kappa shape index (κ1) is 13.3. The number of hydrogen-bond acceptors (Lipinski definition) is 2. The number of nitrogens with one attached hydrogen (secondary N) is 1. The summed E-state index contributed by atoms with van der Waals surface area (Å²) in [5.41, 5.74) is 7.96. The summed E-state index contributed by atoms with van der Waals surface area (Å²) in [4.78, 5) is 11.8. The SMILES string of the molecule is NC(CC(=O)Nc1ccccc1)Cc1ccccc1. The summed E-state index contributed by atoms with van der Waals surface area (Å²) < 4.78 is 0. The number of rotatable bonds is 5. The fraction of sp³-hybridized carbons (Fsp3) is 0.188. The highest BCUT2D eigenvalue weighted by Gasteiger charge is 2.10. The van der Waals surface area contributed by atoms with Crippen molar-refractivity contribution in [2.45, 2.75) is 18.9 Å². The number of benzene rings is 2. The van der Waals surface area contributed by atoms with Crippen molar-refractivity contribution < 1.29 is 4.79 Å². The summed E-state index contributed by atoms with van der Waals surface area (Å²) in [7, 11) is 0. The fourth-order valence-electron chi connectivity index (χ4n) is 1.96. The Morgan fingerprint density at radius 3 is 2.21 bits per heavy atom. The van der Waals surface area contributed by atoms with Crippen molar-refractivity contribution in [2.75, 3.05) is 5.32 Å². The van der Waals surface area contributed by atoms with Crippen molar-refractivity contribution in [2.24, 2.45) is 5.73 Å². The number of hydrogen-bond donors (Lipinski definition) is 2. The van der Waals surface area contributed by atoms with E-state index in [0.29, 0.717) is 12.8 Å². The summed E-state index contributed by atoms with van der Waals surface area (Å²) in [6, 6.07) is 19.2. The van der Waals surface area contributed by atoms with Crippen LogP contribution in [0, 0.1) is 0 Å². The third-order valence-corrected chi connectivity index (χ3v) is 2.85. The Hall–Kier alpha value is -2.13. The van der Waals surface area contributed by atoms with E-state index < -0.39 is 0 Å². The van der Waals surface area contributed by atoms with Crippen molar-refractivity contribution in [3.63, 3.8) is 0 Å². The van der Waals surface area contributed by atoms with Crippen molar-refractivity contribution in [1.82, 2.24) is 0 Å². The third kappa shape index (κ3) is 4.56. The number of carbonyl (C=O) groups excluding carboxylic acids is 1. The lowest BCUT2D eigenvalue weighted by Gasteiger charge is -2.11. The van der Waals surface area contributed by atoms with Gasteiger partial charge < -0.3 is 11.1 Å². The molecule has 0 fully saturated rings. The Labute approximate surface area is 113 Å². The molecular weight excluding hydrogens is 236 g/mol. The minimum atomic E-state index is -0.161. The molecule has 0 aromatic heterocycles. The highest BCUT2D eigenvalue weighted by atomic mass is 16.1. The largest absolute Gasteiger partial charge is 0.327 e. The van der Waals surface area contributed by atoms with Crippen LogP contribution in [0.25, 0.3) is 0 Å². The summed E-state index contributed by atoms with van der Waals surface area (Å²) >= 11 is 0. The fourth-order valence-corrected chi connectivity index (χ4v) is 1.96. The molecule has 1 atom stereocenters. The van der Waals surface area contributed by atoms with E-state index in [-0.39, 0.29) is 11.9 Å². The maximum Gasteiger partial charge on any atom is 0.225 e. The summed E-state index contributed by atoms with van der Waals surface area (Å²) in [6.07, 6.45) is 1.03. The zero-order valence-corrected chi connectivity index (χ0v) is 10.8. The first-order chi connectivity index (χ1) is 9.24. The van der Waals surface area contributed by atoms with Gasteiger partial charge >= 0.3 is 0 Å². The van der Waals surface area contributed by atoms with Gasteiger partial charge in [-0.3, -0.25) is 4.79 Å². The zero-order chi connectivity index (χ0) is 13.5. The van der Waals surface area contributed by atoms with Crippen LogP contribution in [-0.2, 0) is 11.2 Å². The molecule has 3 nitrogen and oxygen atoms in total. The molecule has 3 N–H and O–H groups in total. The normalized spacial score (nSPS) is 11.8. The lowest BCUT2D eigenvalue weighted by atomic mass is 10.0. The molecule has 0 aliphatic rings. The van der Waals surface area contributed by atoms with Crippen LogP contribution < -0.4 is 11.1 Å². The quantitative estimate of drug-likeness (QED) is 0.861. The number of nitrogens with two attached hydrogens (primary N) is 1. The van der Waals surface area contributed by atoms with Gasteiger partial charge in [-0.05, 0) is 24.1 Å². The van der Waals surface area contributed by atoms with Gasteiger partial charge in [-0.25, -0.2) is 0 Å². The Kier molecular flexibility index (Phi) is 4.70. The lowest BCUT2D eigenvalue weighted by molar-refractivity contribution is -0.116. The van der Waals surface area contributed by atoms with Gasteiger partial charge in [0.1, 0.15) is 0 Å². The van der Waals surface area contributed by atoms with E-state index in [2.05, 4.69) is 5.32 Å². The average Bonchev–Trinajstić information content (AvgIpc) is 2.40. The monoisotopic (exact) mass is 254 g/mol. The van der Waals surface area contributed by atoms with Crippen molar-refractivity contribution >= 4 is 11.6 Å². The summed E-state index contributed by atoms with van der Waals surface area (Å²) in [6.45, 7) is 0. The van der Waals surface area contributed by atoms with Gasteiger partial charge in [-0.15, -0.1) is 0 Å². The molecule has 2 aromatic carbocycles. The second-order valence-corrected chi connectivity index (χ2v) is 4.57. The van der Waals surface area contributed by atoms with Crippen LogP contribution in [0.5, 0.6) is 0 Å². The molecule has 0 aliphatic carbocycles. The number of amides is 1. The second kappa shape index (κ2) is 6.71. The van der Waals surface area contributed by atoms with Gasteiger partial charge in [-0.2, -0.15) is 0 Å². The van der Waals surface area contributed by atoms with Crippen molar-refractivity contribution in [3.05, 3.63) is 66.2 Å². The molecule has 0 bridgehead atoms. The molecule has 2 rings (SSSR count). The number of anilines is 1. The van der Waals surface area contributed by atoms with E-state index >= 15 is 0 Å². The van der Waals surface area contributed by atoms with Crippen LogP contribution in [0.15, 0.2) is 60.7 Å². The van der Waals surface area contributed by atoms with E-state index in [1.54, 1.807) is 0 Å². The predicted molar refractivity (Wildman–Crippen MR) is 77.8 cm³/mol. The van der Waals surface area contributed by atoms with Gasteiger partial charge in [0.25, 0.3) is 0 Å². The van der Waals surface area contributed by atoms with Crippen molar-refractivity contribution in [1.29, 1.82) is 0 Å². The van der Waals surface area contributed by atoms with Crippen LogP contribution in [0.1, 0.15) is 12.0 Å². The Morgan fingerprint density at radius 2 is 1.58 bits per heavy atom. The van der Waals surface area contributed by atoms with Gasteiger partial charge in [-0.1, -0.05) is 48.5 Å². The van der Waals surface area contributed by atoms with E-state index in [1.807, 2.05) is 60.7 Å². The van der Waals surface area contributed by atoms with Crippen LogP contribution in [-0.4, -0.2) is 11.9 Å². The molecule has 19 heavy (non-hydrogen) atoms. The number of carbonyl (C=O) groups is 1. The minimum absolute atomic E-state index is 0.0466. The smallest absolute Gasteiger partial charge is 0.225 e. The van der Waals surface area contributed by atoms with Crippen LogP contribution in [0.3, 0.4) is 0 Å². The first-order valence-electron chi connectivity index (χ1n) is 6.38. The molecule has 0 heterocycles. The van der Waals surface area contributed by atoms with Gasteiger partial charge in [0, 0.05) is 18.2 Å². The first-order valence-corrected chi connectivity index (χ1v) is 6.38. The third-order valence-electron chi connectivity index (χ3n) is 2.85. The highest BCUT2D eigenvalue weighted by Crippen LogP contribution is 2.08. The Bertz CT molecular complexity index is 511. The van der Waals surface area contributed by atoms with Gasteiger partial charge in [0.05, 0.1) is 0 Å². The Balaban J connectivity index is 1.82. The van der Waals surface area contributed by atoms with Gasteiger partial charge in [0.15, 0.2) is 0 Å². The van der Waals surface area contributed by atoms with Crippen LogP contribution in [0.4, 0.5) is 5.69 Å². The minimum Gasteiger partial charge on any atom is -0.327 e. The predicted octanol–water partition coefficient (Wildman–Crippen LogP) is 2.59. The number of para-hydroxylation sites is 1. The molecule has 0 spiro atoms. The highest BCUT2D eigenvalue weighted by molar-refractivity contribution is 5.91. The van der Waals surface area contributed by atoms with Crippen LogP contribution >= 0.6 is 0 Å². The van der Waals surface area contributed by atoms with Crippen LogP contribution in [0.2, 0.25) is 0 Å². The van der Waals surface area contributed by atoms with E-state index in [0.717, 1.165) is 11.3 Å². The molecule has 3 heteroatoms. The topological polar surface area (TPSA) is 55.1 Å². The van der Waals surface area contributed by atoms with E-state index in [1.165, 1.54) is 0 Å². The van der Waals surface area contributed by atoms with Crippen molar-refractivity contribution in [3.8, 4) is 0 Å². The second-order valence-electron chi connectivity index (χ2n) is 4.57. The molecule has 98 valence electrons. The molecule has 0 saturated carbocycles. The summed E-state index contributed by atoms with van der Waals surface area (Å²) in [5, 5.41) is 2.84. The molecule has 0 aliphatic heterocycles. The molecule has 1 unspecified atom stereocenters. The van der Waals surface area contributed by atoms with E-state index in [4.69, 9.17) is 5.73 Å². The van der Waals surface area contributed by atoms with Gasteiger partial charge in [0.2, 0.25) is 5.91 Å². The molecule has 0 radical (unpaired) electrons. The maximum absolute atomic E-state index is 11.8. The zero-order valence-electron chi connectivity index (χ0n) is 10.8.